The van der Waals surface area contributed by atoms with Crippen LogP contribution in [-0.2, 0) is 20.8 Å². The van der Waals surface area contributed by atoms with Gasteiger partial charge < -0.3 is 19.8 Å². The summed E-state index contributed by atoms with van der Waals surface area (Å²) in [5.74, 6) is -1.42. The molecule has 1 N–H and O–H groups in total. The van der Waals surface area contributed by atoms with Gasteiger partial charge in [0.2, 0.25) is 17.7 Å². The summed E-state index contributed by atoms with van der Waals surface area (Å²) in [6, 6.07) is 8.62. The highest BCUT2D eigenvalue weighted by atomic mass is 32.2. The van der Waals surface area contributed by atoms with Gasteiger partial charge >= 0.3 is 0 Å². The quantitative estimate of drug-likeness (QED) is 0.400. The maximum absolute atomic E-state index is 14.9. The second kappa shape index (κ2) is 12.0. The zero-order valence-corrected chi connectivity index (χ0v) is 25.4. The topological polar surface area (TPSA) is 81.2 Å². The largest absolute Gasteiger partial charge is 0.394 e. The van der Waals surface area contributed by atoms with Gasteiger partial charge in [0.15, 0.2) is 0 Å². The van der Waals surface area contributed by atoms with Gasteiger partial charge in [-0.3, -0.25) is 14.4 Å². The highest BCUT2D eigenvalue weighted by Gasteiger charge is 2.78. The number of thioether (sulfide) groups is 1. The third kappa shape index (κ3) is 5.05. The molecule has 1 aromatic rings. The highest BCUT2D eigenvalue weighted by molar-refractivity contribution is 8.02. The predicted octanol–water partition coefficient (Wildman–Crippen LogP) is 4.06. The molecule has 1 aromatic carbocycles. The number of carbonyl (C=O) groups is 3. The van der Waals surface area contributed by atoms with Gasteiger partial charge in [-0.15, -0.1) is 24.9 Å². The number of hydrogen-bond donors (Lipinski definition) is 1. The van der Waals surface area contributed by atoms with Gasteiger partial charge in [-0.2, -0.15) is 0 Å². The van der Waals surface area contributed by atoms with Crippen molar-refractivity contribution < 1.29 is 19.5 Å². The van der Waals surface area contributed by atoms with Gasteiger partial charge in [0.25, 0.3) is 0 Å². The Bertz CT molecular complexity index is 1170. The minimum atomic E-state index is -0.739. The molecule has 3 amide bonds. The summed E-state index contributed by atoms with van der Waals surface area (Å²) in [4.78, 5) is 48.9. The molecule has 0 radical (unpaired) electrons. The number of amides is 3. The number of nitrogens with zero attached hydrogens (tertiary/aromatic N) is 3. The van der Waals surface area contributed by atoms with Crippen LogP contribution >= 0.6 is 11.8 Å². The number of likely N-dealkylation sites (tertiary alicyclic amines) is 1. The van der Waals surface area contributed by atoms with Crippen LogP contribution in [0.1, 0.15) is 57.4 Å². The van der Waals surface area contributed by atoms with Crippen LogP contribution in [0.3, 0.4) is 0 Å². The molecule has 4 fully saturated rings. The summed E-state index contributed by atoms with van der Waals surface area (Å²) in [7, 11) is 1.76. The van der Waals surface area contributed by atoms with Gasteiger partial charge in [-0.05, 0) is 44.6 Å². The van der Waals surface area contributed by atoms with Gasteiger partial charge in [0.05, 0.1) is 29.2 Å². The molecular formula is C33H45N3O4S. The van der Waals surface area contributed by atoms with Crippen LogP contribution < -0.4 is 0 Å². The molecule has 0 aromatic heterocycles. The summed E-state index contributed by atoms with van der Waals surface area (Å²) < 4.78 is -1.14. The van der Waals surface area contributed by atoms with Gasteiger partial charge in [0.1, 0.15) is 6.04 Å². The molecule has 4 aliphatic rings. The first-order valence-corrected chi connectivity index (χ1v) is 16.0. The molecule has 1 spiro atoms. The molecule has 3 saturated heterocycles. The lowest BCUT2D eigenvalue weighted by Gasteiger charge is -2.42. The number of aliphatic hydroxyl groups excluding tert-OH is 1. The molecule has 6 atom stereocenters. The lowest BCUT2D eigenvalue weighted by Crippen LogP contribution is -2.59. The van der Waals surface area contributed by atoms with E-state index in [0.29, 0.717) is 25.9 Å². The van der Waals surface area contributed by atoms with Crippen LogP contribution in [0.25, 0.3) is 0 Å². The number of hydrogen-bond acceptors (Lipinski definition) is 5. The smallest absolute Gasteiger partial charge is 0.247 e. The summed E-state index contributed by atoms with van der Waals surface area (Å²) in [6.45, 7) is 10.4. The molecule has 8 heteroatoms. The lowest BCUT2D eigenvalue weighted by atomic mass is 9.66. The molecule has 1 aliphatic carbocycles. The summed E-state index contributed by atoms with van der Waals surface area (Å²) >= 11 is 1.69. The summed E-state index contributed by atoms with van der Waals surface area (Å²) in [5.41, 5.74) is 0.998. The van der Waals surface area contributed by atoms with Crippen molar-refractivity contribution in [2.75, 3.05) is 26.7 Å². The van der Waals surface area contributed by atoms with Crippen LogP contribution in [0.2, 0.25) is 0 Å². The number of carbonyl (C=O) groups excluding carboxylic acids is 3. The third-order valence-corrected chi connectivity index (χ3v) is 12.0. The SMILES string of the molecule is C=CCN(C)C(=O)[C@@H]1[C@H]2C(=O)N([C@@H](CO)Cc3ccccc3)C(C(=O)N(CC=C)C3CCCCC3)C23CC[C@@]1(C)S3. The molecule has 2 unspecified atom stereocenters. The zero-order chi connectivity index (χ0) is 29.4. The van der Waals surface area contributed by atoms with E-state index in [2.05, 4.69) is 20.1 Å². The Morgan fingerprint density at radius 2 is 1.78 bits per heavy atom. The average molecular weight is 580 g/mol. The summed E-state index contributed by atoms with van der Waals surface area (Å²) in [5, 5.41) is 10.7. The second-order valence-electron chi connectivity index (χ2n) is 12.6. The number of fused-ring (bicyclic) bond motifs is 1. The van der Waals surface area contributed by atoms with E-state index in [4.69, 9.17) is 0 Å². The maximum Gasteiger partial charge on any atom is 0.247 e. The van der Waals surface area contributed by atoms with Crippen molar-refractivity contribution in [2.24, 2.45) is 11.8 Å². The van der Waals surface area contributed by atoms with Crippen molar-refractivity contribution in [2.45, 2.75) is 85.9 Å². The van der Waals surface area contributed by atoms with E-state index in [9.17, 15) is 19.5 Å². The Balaban J connectivity index is 1.59. The van der Waals surface area contributed by atoms with Crippen molar-refractivity contribution in [3.63, 3.8) is 0 Å². The first-order chi connectivity index (χ1) is 19.7. The van der Waals surface area contributed by atoms with Crippen LogP contribution in [-0.4, -0.2) is 91.9 Å². The number of benzene rings is 1. The van der Waals surface area contributed by atoms with Gasteiger partial charge in [0, 0.05) is 30.9 Å². The summed E-state index contributed by atoms with van der Waals surface area (Å²) in [6.07, 6.45) is 10.6. The van der Waals surface area contributed by atoms with Crippen LogP contribution in [0.4, 0.5) is 0 Å². The zero-order valence-electron chi connectivity index (χ0n) is 24.5. The number of rotatable bonds is 11. The minimum absolute atomic E-state index is 0.0524. The van der Waals surface area contributed by atoms with Gasteiger partial charge in [-0.25, -0.2) is 0 Å². The maximum atomic E-state index is 14.9. The van der Waals surface area contributed by atoms with E-state index in [1.54, 1.807) is 40.8 Å². The first-order valence-electron chi connectivity index (χ1n) is 15.2. The van der Waals surface area contributed by atoms with Crippen molar-refractivity contribution in [1.82, 2.24) is 14.7 Å². The van der Waals surface area contributed by atoms with E-state index < -0.39 is 33.4 Å². The van der Waals surface area contributed by atoms with Crippen LogP contribution in [0.15, 0.2) is 55.6 Å². The number of likely N-dealkylation sites (N-methyl/N-ethyl adjacent to an activating group) is 1. The second-order valence-corrected chi connectivity index (χ2v) is 14.5. The van der Waals surface area contributed by atoms with E-state index in [1.807, 2.05) is 35.2 Å². The van der Waals surface area contributed by atoms with Crippen molar-refractivity contribution in [3.8, 4) is 0 Å². The number of aliphatic hydroxyl groups is 1. The van der Waals surface area contributed by atoms with Crippen LogP contribution in [0, 0.1) is 11.8 Å². The minimum Gasteiger partial charge on any atom is -0.394 e. The Morgan fingerprint density at radius 1 is 1.10 bits per heavy atom. The molecule has 2 bridgehead atoms. The Hall–Kier alpha value is -2.58. The monoisotopic (exact) mass is 579 g/mol. The fraction of sp³-hybridized carbons (Fsp3) is 0.606. The Labute approximate surface area is 249 Å². The Morgan fingerprint density at radius 3 is 2.41 bits per heavy atom. The molecule has 222 valence electrons. The highest BCUT2D eigenvalue weighted by Crippen LogP contribution is 2.72. The predicted molar refractivity (Wildman–Crippen MR) is 163 cm³/mol. The van der Waals surface area contributed by atoms with Gasteiger partial charge in [-0.1, -0.05) is 61.7 Å². The molecule has 3 aliphatic heterocycles. The normalized spacial score (nSPS) is 31.5. The van der Waals surface area contributed by atoms with E-state index >= 15 is 0 Å². The van der Waals surface area contributed by atoms with Crippen molar-refractivity contribution in [3.05, 3.63) is 61.2 Å². The third-order valence-electron chi connectivity index (χ3n) is 10.0. The standard InChI is InChI=1S/C33H45N3O4S/c1-5-19-34(4)29(38)26-27-30(39)36(25(22-37)21-23-13-9-7-10-14-23)28(33(27)18-17-32(26,3)41-33)31(40)35(20-6-2)24-15-11-8-12-16-24/h5-7,9-10,13-14,24-28,37H,1-2,8,11-12,15-22H2,3-4H3/t25-,26+,27+,28?,32-,33?/m1/s1. The van der Waals surface area contributed by atoms with Crippen molar-refractivity contribution >= 4 is 29.5 Å². The van der Waals surface area contributed by atoms with E-state index in [-0.39, 0.29) is 30.4 Å². The molecular weight excluding hydrogens is 534 g/mol. The molecule has 41 heavy (non-hydrogen) atoms. The van der Waals surface area contributed by atoms with Crippen LogP contribution in [0.5, 0.6) is 0 Å². The molecule has 7 nitrogen and oxygen atoms in total. The fourth-order valence-electron chi connectivity index (χ4n) is 8.18. The van der Waals surface area contributed by atoms with E-state index in [1.165, 1.54) is 6.42 Å². The lowest BCUT2D eigenvalue weighted by molar-refractivity contribution is -0.148. The first kappa shape index (κ1) is 29.9. The van der Waals surface area contributed by atoms with E-state index in [0.717, 1.165) is 37.7 Å². The van der Waals surface area contributed by atoms with Crippen molar-refractivity contribution in [1.29, 1.82) is 0 Å². The Kier molecular flexibility index (Phi) is 8.72. The average Bonchev–Trinajstić information content (AvgIpc) is 3.55. The molecule has 5 rings (SSSR count). The molecule has 1 saturated carbocycles. The fourth-order valence-corrected chi connectivity index (χ4v) is 10.5. The molecule has 3 heterocycles.